The number of hydrogen-bond donors (Lipinski definition) is 0. The van der Waals surface area contributed by atoms with E-state index in [9.17, 15) is 0 Å². The fourth-order valence-electron chi connectivity index (χ4n) is 3.12. The molecular formula is C18H16BrNO. The molecule has 3 heteroatoms. The number of benzene rings is 2. The molecule has 0 radical (unpaired) electrons. The van der Waals surface area contributed by atoms with E-state index in [0.717, 1.165) is 23.2 Å². The van der Waals surface area contributed by atoms with E-state index in [4.69, 9.17) is 4.74 Å². The monoisotopic (exact) mass is 341 g/mol. The van der Waals surface area contributed by atoms with Crippen LogP contribution in [0.5, 0.6) is 5.75 Å². The lowest BCUT2D eigenvalue weighted by atomic mass is 10.1. The van der Waals surface area contributed by atoms with Crippen LogP contribution in [0.4, 0.5) is 0 Å². The van der Waals surface area contributed by atoms with Gasteiger partial charge in [0.2, 0.25) is 0 Å². The van der Waals surface area contributed by atoms with Gasteiger partial charge in [-0.3, -0.25) is 0 Å². The smallest absolute Gasteiger partial charge is 0.123 e. The lowest BCUT2D eigenvalue weighted by Gasteiger charge is -2.13. The molecule has 2 aromatic carbocycles. The maximum atomic E-state index is 6.08. The fraction of sp³-hybridized carbons (Fsp3) is 0.222. The van der Waals surface area contributed by atoms with Crippen molar-refractivity contribution in [1.82, 2.24) is 4.57 Å². The number of ether oxygens (including phenoxy) is 1. The van der Waals surface area contributed by atoms with Crippen molar-refractivity contribution >= 4 is 26.8 Å². The van der Waals surface area contributed by atoms with Crippen LogP contribution in [-0.4, -0.2) is 10.7 Å². The van der Waals surface area contributed by atoms with Crippen LogP contribution in [0.25, 0.3) is 10.9 Å². The minimum atomic E-state index is 0.219. The predicted octanol–water partition coefficient (Wildman–Crippen LogP) is 4.72. The zero-order valence-corrected chi connectivity index (χ0v) is 13.4. The van der Waals surface area contributed by atoms with E-state index in [1.165, 1.54) is 22.0 Å². The van der Waals surface area contributed by atoms with Crippen molar-refractivity contribution in [3.63, 3.8) is 0 Å². The molecule has 106 valence electrons. The third-order valence-electron chi connectivity index (χ3n) is 4.12. The predicted molar refractivity (Wildman–Crippen MR) is 88.9 cm³/mol. The number of nitrogens with zero attached hydrogens (tertiary/aromatic N) is 1. The number of fused-ring (bicyclic) bond motifs is 2. The highest BCUT2D eigenvalue weighted by Gasteiger charge is 2.23. The summed E-state index contributed by atoms with van der Waals surface area (Å²) in [6.07, 6.45) is 3.36. The van der Waals surface area contributed by atoms with Gasteiger partial charge < -0.3 is 9.30 Å². The van der Waals surface area contributed by atoms with Crippen LogP contribution in [-0.2, 0) is 13.0 Å². The van der Waals surface area contributed by atoms with Gasteiger partial charge in [0.15, 0.2) is 0 Å². The molecule has 0 saturated carbocycles. The summed E-state index contributed by atoms with van der Waals surface area (Å²) in [6.45, 7) is 3.01. The molecule has 1 aliphatic heterocycles. The Hall–Kier alpha value is -1.74. The van der Waals surface area contributed by atoms with Gasteiger partial charge in [-0.05, 0) is 36.8 Å². The zero-order valence-electron chi connectivity index (χ0n) is 11.8. The summed E-state index contributed by atoms with van der Waals surface area (Å²) in [7, 11) is 0. The quantitative estimate of drug-likeness (QED) is 0.658. The molecule has 0 aliphatic carbocycles. The first-order valence-electron chi connectivity index (χ1n) is 7.20. The molecule has 1 aromatic heterocycles. The van der Waals surface area contributed by atoms with Crippen molar-refractivity contribution in [2.24, 2.45) is 0 Å². The second-order valence-electron chi connectivity index (χ2n) is 5.70. The number of aryl methyl sites for hydroxylation is 1. The standard InChI is InChI=1S/C18H16BrNO/c1-12-5-6-18-13(9-12)10-14(21-18)11-20-8-7-15-16(19)3-2-4-17(15)20/h2-9,14H,10-11H2,1H3. The second-order valence-corrected chi connectivity index (χ2v) is 6.55. The maximum absolute atomic E-state index is 6.08. The summed E-state index contributed by atoms with van der Waals surface area (Å²) in [5.41, 5.74) is 3.88. The Bertz CT molecular complexity index is 821. The SMILES string of the molecule is Cc1ccc2c(c1)CC(Cn1ccc3c(Br)cccc31)O2. The molecule has 2 nitrogen and oxygen atoms in total. The third kappa shape index (κ3) is 2.26. The highest BCUT2D eigenvalue weighted by Crippen LogP contribution is 2.31. The minimum absolute atomic E-state index is 0.219. The average Bonchev–Trinajstić information content (AvgIpc) is 3.04. The Morgan fingerprint density at radius 1 is 1.24 bits per heavy atom. The van der Waals surface area contributed by atoms with E-state index < -0.39 is 0 Å². The molecule has 1 aliphatic rings. The summed E-state index contributed by atoms with van der Waals surface area (Å²) < 4.78 is 9.51. The Labute approximate surface area is 132 Å². The van der Waals surface area contributed by atoms with Crippen molar-refractivity contribution < 1.29 is 4.74 Å². The van der Waals surface area contributed by atoms with Crippen molar-refractivity contribution in [3.8, 4) is 5.75 Å². The molecule has 0 amide bonds. The van der Waals surface area contributed by atoms with E-state index in [0.29, 0.717) is 0 Å². The lowest BCUT2D eigenvalue weighted by molar-refractivity contribution is 0.211. The van der Waals surface area contributed by atoms with Gasteiger partial charge in [0, 0.05) is 28.0 Å². The van der Waals surface area contributed by atoms with E-state index in [1.54, 1.807) is 0 Å². The van der Waals surface area contributed by atoms with Crippen LogP contribution in [0.1, 0.15) is 11.1 Å². The average molecular weight is 342 g/mol. The second kappa shape index (κ2) is 4.92. The van der Waals surface area contributed by atoms with Crippen LogP contribution < -0.4 is 4.74 Å². The molecule has 4 rings (SSSR count). The first-order valence-corrected chi connectivity index (χ1v) is 7.99. The number of aromatic nitrogens is 1. The number of rotatable bonds is 2. The Balaban J connectivity index is 1.61. The Morgan fingerprint density at radius 2 is 2.14 bits per heavy atom. The molecule has 0 fully saturated rings. The summed E-state index contributed by atoms with van der Waals surface area (Å²) in [5.74, 6) is 1.04. The number of hydrogen-bond acceptors (Lipinski definition) is 1. The van der Waals surface area contributed by atoms with Crippen LogP contribution >= 0.6 is 15.9 Å². The molecule has 0 saturated heterocycles. The third-order valence-corrected chi connectivity index (χ3v) is 4.81. The van der Waals surface area contributed by atoms with E-state index in [2.05, 4.69) is 76.1 Å². The van der Waals surface area contributed by atoms with Gasteiger partial charge in [-0.1, -0.05) is 39.7 Å². The summed E-state index contributed by atoms with van der Waals surface area (Å²) in [6, 6.07) is 14.9. The first-order chi connectivity index (χ1) is 10.2. The zero-order chi connectivity index (χ0) is 14.4. The lowest BCUT2D eigenvalue weighted by Crippen LogP contribution is -2.20. The van der Waals surface area contributed by atoms with Crippen LogP contribution in [0.3, 0.4) is 0 Å². The fourth-order valence-corrected chi connectivity index (χ4v) is 3.60. The van der Waals surface area contributed by atoms with Crippen molar-refractivity contribution in [2.45, 2.75) is 26.0 Å². The van der Waals surface area contributed by atoms with Crippen molar-refractivity contribution in [1.29, 1.82) is 0 Å². The summed E-state index contributed by atoms with van der Waals surface area (Å²) >= 11 is 3.61. The molecule has 1 unspecified atom stereocenters. The van der Waals surface area contributed by atoms with Gasteiger partial charge in [-0.2, -0.15) is 0 Å². The molecule has 21 heavy (non-hydrogen) atoms. The van der Waals surface area contributed by atoms with Crippen LogP contribution in [0.2, 0.25) is 0 Å². The summed E-state index contributed by atoms with van der Waals surface area (Å²) in [5, 5.41) is 1.25. The summed E-state index contributed by atoms with van der Waals surface area (Å²) in [4.78, 5) is 0. The minimum Gasteiger partial charge on any atom is -0.488 e. The highest BCUT2D eigenvalue weighted by molar-refractivity contribution is 9.10. The highest BCUT2D eigenvalue weighted by atomic mass is 79.9. The Kier molecular flexibility index (Phi) is 3.03. The molecule has 1 atom stereocenters. The van der Waals surface area contributed by atoms with Gasteiger partial charge in [-0.25, -0.2) is 0 Å². The van der Waals surface area contributed by atoms with Gasteiger partial charge in [-0.15, -0.1) is 0 Å². The van der Waals surface area contributed by atoms with Crippen LogP contribution in [0.15, 0.2) is 53.1 Å². The Morgan fingerprint density at radius 3 is 3.05 bits per heavy atom. The largest absolute Gasteiger partial charge is 0.488 e. The van der Waals surface area contributed by atoms with Gasteiger partial charge >= 0.3 is 0 Å². The van der Waals surface area contributed by atoms with Crippen molar-refractivity contribution in [3.05, 3.63) is 64.3 Å². The normalized spacial score (nSPS) is 17.0. The van der Waals surface area contributed by atoms with Crippen LogP contribution in [0, 0.1) is 6.92 Å². The van der Waals surface area contributed by atoms with Gasteiger partial charge in [0.05, 0.1) is 6.54 Å². The van der Waals surface area contributed by atoms with E-state index in [1.807, 2.05) is 0 Å². The van der Waals surface area contributed by atoms with E-state index in [-0.39, 0.29) is 6.10 Å². The molecule has 2 heterocycles. The number of halogens is 1. The molecule has 0 bridgehead atoms. The van der Waals surface area contributed by atoms with Gasteiger partial charge in [0.25, 0.3) is 0 Å². The molecule has 3 aromatic rings. The topological polar surface area (TPSA) is 14.2 Å². The molecule has 0 N–H and O–H groups in total. The first kappa shape index (κ1) is 13.0. The van der Waals surface area contributed by atoms with Crippen molar-refractivity contribution in [2.75, 3.05) is 0 Å². The maximum Gasteiger partial charge on any atom is 0.123 e. The van der Waals surface area contributed by atoms with E-state index >= 15 is 0 Å². The van der Waals surface area contributed by atoms with Gasteiger partial charge in [0.1, 0.15) is 11.9 Å². The molecular weight excluding hydrogens is 326 g/mol. The molecule has 0 spiro atoms.